The Kier molecular flexibility index (Phi) is 3.89. The van der Waals surface area contributed by atoms with E-state index in [0.29, 0.717) is 16.2 Å². The van der Waals surface area contributed by atoms with Crippen molar-refractivity contribution >= 4 is 39.8 Å². The molecule has 0 radical (unpaired) electrons. The first-order chi connectivity index (χ1) is 16.1. The van der Waals surface area contributed by atoms with Crippen LogP contribution in [0, 0.1) is 5.92 Å². The van der Waals surface area contributed by atoms with E-state index in [4.69, 9.17) is 21.6 Å². The molecular formula is C26H21ClN6. The standard InChI is InChI=1S/C26H21ClN6/c1-32(24-21-7-6-19(27)10-22(21)33-15-29-31-25(33)30-24)20-4-2-3-17(9-20)18-5-8-23(28-14-18)26-11-16(12-26)13-26/h2-10,14-16H,11-13H2,1H3. The van der Waals surface area contributed by atoms with Gasteiger partial charge in [0.25, 0.3) is 5.78 Å². The second-order valence-electron chi connectivity index (χ2n) is 9.40. The highest BCUT2D eigenvalue weighted by Crippen LogP contribution is 2.64. The Morgan fingerprint density at radius 1 is 1.03 bits per heavy atom. The average molecular weight is 453 g/mol. The van der Waals surface area contributed by atoms with Crippen LogP contribution < -0.4 is 4.90 Å². The summed E-state index contributed by atoms with van der Waals surface area (Å²) in [6, 6.07) is 18.7. The number of fused-ring (bicyclic) bond motifs is 3. The maximum atomic E-state index is 6.28. The van der Waals surface area contributed by atoms with E-state index in [1.54, 1.807) is 6.33 Å². The lowest BCUT2D eigenvalue weighted by molar-refractivity contribution is -0.0308. The lowest BCUT2D eigenvalue weighted by Gasteiger charge is -2.61. The van der Waals surface area contributed by atoms with Crippen molar-refractivity contribution in [3.05, 3.63) is 77.8 Å². The molecule has 0 N–H and O–H groups in total. The van der Waals surface area contributed by atoms with Gasteiger partial charge in [0.15, 0.2) is 0 Å². The van der Waals surface area contributed by atoms with Crippen molar-refractivity contribution in [1.29, 1.82) is 0 Å². The number of rotatable bonds is 4. The van der Waals surface area contributed by atoms with E-state index in [9.17, 15) is 0 Å². The molecule has 33 heavy (non-hydrogen) atoms. The first-order valence-corrected chi connectivity index (χ1v) is 11.6. The zero-order valence-corrected chi connectivity index (χ0v) is 18.9. The van der Waals surface area contributed by atoms with Gasteiger partial charge in [-0.3, -0.25) is 9.38 Å². The second kappa shape index (κ2) is 6.75. The number of benzene rings is 2. The van der Waals surface area contributed by atoms with Gasteiger partial charge in [-0.1, -0.05) is 29.8 Å². The SMILES string of the molecule is CN(c1cccc(-c2ccc(C34CC(C3)C4)nc2)c1)c1nc2nncn2c2cc(Cl)ccc12. The Bertz CT molecular complexity index is 1520. The molecule has 2 aromatic carbocycles. The molecular weight excluding hydrogens is 432 g/mol. The van der Waals surface area contributed by atoms with Crippen LogP contribution in [-0.2, 0) is 5.41 Å². The van der Waals surface area contributed by atoms with Gasteiger partial charge in [0.2, 0.25) is 0 Å². The van der Waals surface area contributed by atoms with Gasteiger partial charge in [-0.15, -0.1) is 10.2 Å². The Balaban J connectivity index is 1.28. The molecule has 6 nitrogen and oxygen atoms in total. The van der Waals surface area contributed by atoms with Crippen LogP contribution in [0.25, 0.3) is 27.8 Å². The molecule has 2 bridgehead atoms. The van der Waals surface area contributed by atoms with Gasteiger partial charge < -0.3 is 4.90 Å². The topological polar surface area (TPSA) is 59.2 Å². The third-order valence-corrected chi connectivity index (χ3v) is 7.66. The third-order valence-electron chi connectivity index (χ3n) is 7.43. The molecule has 0 aliphatic heterocycles. The number of nitrogens with zero attached hydrogens (tertiary/aromatic N) is 6. The summed E-state index contributed by atoms with van der Waals surface area (Å²) in [6.07, 6.45) is 7.65. The Hall–Kier alpha value is -3.51. The molecule has 5 aromatic rings. The molecule has 0 amide bonds. The molecule has 3 saturated carbocycles. The zero-order valence-electron chi connectivity index (χ0n) is 18.1. The normalized spacial score (nSPS) is 21.1. The van der Waals surface area contributed by atoms with E-state index in [-0.39, 0.29) is 0 Å². The molecule has 3 fully saturated rings. The molecule has 0 spiro atoms. The van der Waals surface area contributed by atoms with Gasteiger partial charge in [0.05, 0.1) is 5.52 Å². The highest BCUT2D eigenvalue weighted by molar-refractivity contribution is 6.31. The fourth-order valence-electron chi connectivity index (χ4n) is 5.47. The zero-order chi connectivity index (χ0) is 22.2. The predicted octanol–water partition coefficient (Wildman–Crippen LogP) is 5.81. The summed E-state index contributed by atoms with van der Waals surface area (Å²) in [6.45, 7) is 0. The van der Waals surface area contributed by atoms with Crippen LogP contribution in [0.4, 0.5) is 11.5 Å². The van der Waals surface area contributed by atoms with Crippen molar-refractivity contribution in [2.45, 2.75) is 24.7 Å². The van der Waals surface area contributed by atoms with Crippen LogP contribution in [-0.4, -0.2) is 31.6 Å². The Morgan fingerprint density at radius 3 is 2.67 bits per heavy atom. The largest absolute Gasteiger partial charge is 0.329 e. The van der Waals surface area contributed by atoms with E-state index >= 15 is 0 Å². The lowest BCUT2D eigenvalue weighted by Crippen LogP contribution is -2.55. The fraction of sp³-hybridized carbons (Fsp3) is 0.231. The van der Waals surface area contributed by atoms with Gasteiger partial charge in [0, 0.05) is 46.0 Å². The van der Waals surface area contributed by atoms with Crippen LogP contribution in [0.1, 0.15) is 25.0 Å². The summed E-state index contributed by atoms with van der Waals surface area (Å²) in [5, 5.41) is 9.83. The molecule has 3 aliphatic carbocycles. The monoisotopic (exact) mass is 452 g/mol. The molecule has 0 unspecified atom stereocenters. The smallest absolute Gasteiger partial charge is 0.257 e. The van der Waals surface area contributed by atoms with Crippen LogP contribution in [0.3, 0.4) is 0 Å². The second-order valence-corrected chi connectivity index (χ2v) is 9.83. The highest BCUT2D eigenvalue weighted by atomic mass is 35.5. The summed E-state index contributed by atoms with van der Waals surface area (Å²) in [7, 11) is 2.02. The molecule has 3 aliphatic rings. The number of halogens is 1. The molecule has 3 aromatic heterocycles. The summed E-state index contributed by atoms with van der Waals surface area (Å²) in [4.78, 5) is 11.7. The van der Waals surface area contributed by atoms with Gasteiger partial charge in [0.1, 0.15) is 12.1 Å². The number of hydrogen-bond acceptors (Lipinski definition) is 5. The first-order valence-electron chi connectivity index (χ1n) is 11.2. The van der Waals surface area contributed by atoms with Crippen LogP contribution in [0.2, 0.25) is 5.02 Å². The molecule has 7 heteroatoms. The van der Waals surface area contributed by atoms with Gasteiger partial charge in [-0.25, -0.2) is 0 Å². The third kappa shape index (κ3) is 2.80. The number of pyridine rings is 1. The van der Waals surface area contributed by atoms with E-state index in [0.717, 1.165) is 39.5 Å². The maximum Gasteiger partial charge on any atom is 0.257 e. The molecule has 8 rings (SSSR count). The van der Waals surface area contributed by atoms with Crippen molar-refractivity contribution < 1.29 is 0 Å². The average Bonchev–Trinajstić information content (AvgIpc) is 3.26. The fourth-order valence-corrected chi connectivity index (χ4v) is 5.63. The van der Waals surface area contributed by atoms with E-state index in [1.807, 2.05) is 35.8 Å². The number of anilines is 2. The van der Waals surface area contributed by atoms with Gasteiger partial charge in [-0.05, 0) is 67.1 Å². The predicted molar refractivity (Wildman–Crippen MR) is 130 cm³/mol. The lowest BCUT2D eigenvalue weighted by atomic mass is 9.43. The Morgan fingerprint density at radius 2 is 1.91 bits per heavy atom. The minimum absolute atomic E-state index is 0.390. The molecule has 162 valence electrons. The molecule has 0 saturated heterocycles. The molecule has 0 atom stereocenters. The number of aromatic nitrogens is 5. The van der Waals surface area contributed by atoms with E-state index in [1.165, 1.54) is 25.0 Å². The van der Waals surface area contributed by atoms with E-state index < -0.39 is 0 Å². The summed E-state index contributed by atoms with van der Waals surface area (Å²) < 4.78 is 1.86. The van der Waals surface area contributed by atoms with Crippen LogP contribution >= 0.6 is 11.6 Å². The Labute approximate surface area is 195 Å². The summed E-state index contributed by atoms with van der Waals surface area (Å²) >= 11 is 6.28. The van der Waals surface area contributed by atoms with Crippen LogP contribution in [0.5, 0.6) is 0 Å². The van der Waals surface area contributed by atoms with Crippen molar-refractivity contribution in [1.82, 2.24) is 24.6 Å². The maximum absolute atomic E-state index is 6.28. The number of hydrogen-bond donors (Lipinski definition) is 0. The van der Waals surface area contributed by atoms with Crippen LogP contribution in [0.15, 0.2) is 67.1 Å². The minimum Gasteiger partial charge on any atom is -0.329 e. The summed E-state index contributed by atoms with van der Waals surface area (Å²) in [5.74, 6) is 2.30. The molecule has 3 heterocycles. The van der Waals surface area contributed by atoms with Crippen molar-refractivity contribution in [2.75, 3.05) is 11.9 Å². The first kappa shape index (κ1) is 19.0. The van der Waals surface area contributed by atoms with Gasteiger partial charge >= 0.3 is 0 Å². The van der Waals surface area contributed by atoms with Crippen molar-refractivity contribution in [2.24, 2.45) is 5.92 Å². The highest BCUT2D eigenvalue weighted by Gasteiger charge is 2.58. The van der Waals surface area contributed by atoms with Crippen molar-refractivity contribution in [3.63, 3.8) is 0 Å². The summed E-state index contributed by atoms with van der Waals surface area (Å²) in [5.41, 5.74) is 5.86. The minimum atomic E-state index is 0.390. The van der Waals surface area contributed by atoms with E-state index in [2.05, 4.69) is 51.5 Å². The van der Waals surface area contributed by atoms with Crippen molar-refractivity contribution in [3.8, 4) is 11.1 Å². The van der Waals surface area contributed by atoms with Gasteiger partial charge in [-0.2, -0.15) is 4.98 Å². The quantitative estimate of drug-likeness (QED) is 0.344.